The number of aliphatic hydroxyl groups is 3. The van der Waals surface area contributed by atoms with E-state index in [9.17, 15) is 10.2 Å². The van der Waals surface area contributed by atoms with Crippen LogP contribution in [-0.4, -0.2) is 65.1 Å². The van der Waals surface area contributed by atoms with Crippen LogP contribution in [0.4, 0.5) is 0 Å². The zero-order valence-corrected chi connectivity index (χ0v) is 10.4. The first-order valence-electron chi connectivity index (χ1n) is 5.34. The fraction of sp³-hybridized carbons (Fsp3) is 1.00. The summed E-state index contributed by atoms with van der Waals surface area (Å²) in [5.41, 5.74) is 0. The number of rotatable bonds is 5. The van der Waals surface area contributed by atoms with E-state index >= 15 is 0 Å². The van der Waals surface area contributed by atoms with Crippen LogP contribution >= 0.6 is 11.8 Å². The minimum atomic E-state index is -1.06. The molecule has 1 fully saturated rings. The Morgan fingerprint density at radius 1 is 1.31 bits per heavy atom. The average molecular weight is 252 g/mol. The van der Waals surface area contributed by atoms with Crippen LogP contribution in [0.15, 0.2) is 0 Å². The van der Waals surface area contributed by atoms with Crippen LogP contribution < -0.4 is 0 Å². The van der Waals surface area contributed by atoms with Crippen LogP contribution in [0.25, 0.3) is 0 Å². The fourth-order valence-corrected chi connectivity index (χ4v) is 1.92. The van der Waals surface area contributed by atoms with Crippen LogP contribution in [0.5, 0.6) is 0 Å². The molecule has 0 aromatic heterocycles. The highest BCUT2D eigenvalue weighted by Gasteiger charge is 2.42. The van der Waals surface area contributed by atoms with Crippen molar-refractivity contribution in [2.45, 2.75) is 31.5 Å². The summed E-state index contributed by atoms with van der Waals surface area (Å²) in [7, 11) is 0. The quantitative estimate of drug-likeness (QED) is 0.569. The lowest BCUT2D eigenvalue weighted by molar-refractivity contribution is -0.280. The summed E-state index contributed by atoms with van der Waals surface area (Å²) in [5, 5.41) is 28.3. The smallest absolute Gasteiger partial charge is 0.163 e. The van der Waals surface area contributed by atoms with Gasteiger partial charge in [-0.25, -0.2) is 0 Å². The summed E-state index contributed by atoms with van der Waals surface area (Å²) in [6, 6.07) is 0. The van der Waals surface area contributed by atoms with Gasteiger partial charge in [0.1, 0.15) is 12.2 Å². The van der Waals surface area contributed by atoms with Gasteiger partial charge in [0.25, 0.3) is 0 Å². The maximum atomic E-state index is 9.75. The van der Waals surface area contributed by atoms with E-state index < -0.39 is 24.6 Å². The molecule has 16 heavy (non-hydrogen) atoms. The van der Waals surface area contributed by atoms with E-state index in [2.05, 4.69) is 0 Å². The second-order valence-electron chi connectivity index (χ2n) is 3.93. The Bertz CT molecular complexity index is 202. The molecule has 0 spiro atoms. The third-order valence-electron chi connectivity index (χ3n) is 2.76. The van der Waals surface area contributed by atoms with Crippen LogP contribution in [0.2, 0.25) is 0 Å². The third-order valence-corrected chi connectivity index (χ3v) is 3.33. The van der Waals surface area contributed by atoms with Gasteiger partial charge in [-0.1, -0.05) is 6.92 Å². The van der Waals surface area contributed by atoms with Gasteiger partial charge in [0, 0.05) is 11.7 Å². The molecule has 3 N–H and O–H groups in total. The first-order chi connectivity index (χ1) is 7.61. The Kier molecular flexibility index (Phi) is 6.02. The molecule has 1 aliphatic rings. The van der Waals surface area contributed by atoms with Gasteiger partial charge in [0.05, 0.1) is 19.3 Å². The van der Waals surface area contributed by atoms with Crippen molar-refractivity contribution < 1.29 is 24.8 Å². The van der Waals surface area contributed by atoms with Crippen molar-refractivity contribution >= 4 is 11.8 Å². The van der Waals surface area contributed by atoms with Crippen LogP contribution in [0, 0.1) is 5.92 Å². The molecular formula is C10H20O5S. The van der Waals surface area contributed by atoms with E-state index in [-0.39, 0.29) is 12.5 Å². The molecule has 0 amide bonds. The summed E-state index contributed by atoms with van der Waals surface area (Å²) in [6.07, 6.45) is -1.34. The average Bonchev–Trinajstić information content (AvgIpc) is 2.29. The van der Waals surface area contributed by atoms with Gasteiger partial charge >= 0.3 is 0 Å². The molecule has 5 nitrogen and oxygen atoms in total. The van der Waals surface area contributed by atoms with Gasteiger partial charge in [-0.05, 0) is 6.26 Å². The summed E-state index contributed by atoms with van der Waals surface area (Å²) in [4.78, 5) is 0. The van der Waals surface area contributed by atoms with Crippen molar-refractivity contribution in [3.63, 3.8) is 0 Å². The second-order valence-corrected chi connectivity index (χ2v) is 4.91. The highest BCUT2D eigenvalue weighted by molar-refractivity contribution is 7.98. The maximum absolute atomic E-state index is 9.75. The summed E-state index contributed by atoms with van der Waals surface area (Å²) in [5.74, 6) is 0.536. The zero-order chi connectivity index (χ0) is 12.1. The van der Waals surface area contributed by atoms with E-state index in [1.807, 2.05) is 6.26 Å². The molecule has 0 saturated carbocycles. The van der Waals surface area contributed by atoms with E-state index in [4.69, 9.17) is 14.6 Å². The Hall–Kier alpha value is 0.150. The normalized spacial score (nSPS) is 39.9. The number of hydrogen-bond donors (Lipinski definition) is 3. The summed E-state index contributed by atoms with van der Waals surface area (Å²) in [6.45, 7) is 1.95. The van der Waals surface area contributed by atoms with E-state index in [1.165, 1.54) is 0 Å². The molecule has 1 rings (SSSR count). The SMILES string of the molecule is CSCCOC1OC(CO)[C@H](O)C(O)C1C. The first-order valence-corrected chi connectivity index (χ1v) is 6.74. The molecule has 0 aliphatic carbocycles. The van der Waals surface area contributed by atoms with Crippen LogP contribution in [0.3, 0.4) is 0 Å². The maximum Gasteiger partial charge on any atom is 0.163 e. The molecule has 0 bridgehead atoms. The van der Waals surface area contributed by atoms with Crippen molar-refractivity contribution in [2.24, 2.45) is 5.92 Å². The summed E-state index contributed by atoms with van der Waals surface area (Å²) < 4.78 is 10.8. The highest BCUT2D eigenvalue weighted by Crippen LogP contribution is 2.26. The van der Waals surface area contributed by atoms with Gasteiger partial charge in [-0.2, -0.15) is 11.8 Å². The minimum Gasteiger partial charge on any atom is -0.394 e. The molecule has 0 aromatic carbocycles. The second kappa shape index (κ2) is 6.78. The lowest BCUT2D eigenvalue weighted by atomic mass is 9.92. The summed E-state index contributed by atoms with van der Waals surface area (Å²) >= 11 is 1.66. The lowest BCUT2D eigenvalue weighted by Crippen LogP contribution is -2.55. The van der Waals surface area contributed by atoms with Crippen LogP contribution in [0.1, 0.15) is 6.92 Å². The van der Waals surface area contributed by atoms with Gasteiger partial charge in [0.2, 0.25) is 0 Å². The molecule has 5 atom stereocenters. The van der Waals surface area contributed by atoms with Crippen LogP contribution in [-0.2, 0) is 9.47 Å². The Morgan fingerprint density at radius 2 is 2.00 bits per heavy atom. The molecule has 96 valence electrons. The van der Waals surface area contributed by atoms with Crippen molar-refractivity contribution in [3.05, 3.63) is 0 Å². The number of aliphatic hydroxyl groups excluding tert-OH is 3. The number of ether oxygens (including phenoxy) is 2. The van der Waals surface area contributed by atoms with Gasteiger partial charge in [0.15, 0.2) is 6.29 Å². The Labute approximate surface area is 99.8 Å². The fourth-order valence-electron chi connectivity index (χ4n) is 1.66. The standard InChI is InChI=1S/C10H20O5S/c1-6-8(12)9(13)7(5-11)15-10(6)14-3-4-16-2/h6-13H,3-5H2,1-2H3/t6?,7?,8?,9-,10?/m0/s1. The molecular weight excluding hydrogens is 232 g/mol. The van der Waals surface area contributed by atoms with Crippen molar-refractivity contribution in [3.8, 4) is 0 Å². The van der Waals surface area contributed by atoms with Crippen molar-refractivity contribution in [2.75, 3.05) is 25.2 Å². The molecule has 4 unspecified atom stereocenters. The lowest BCUT2D eigenvalue weighted by Gasteiger charge is -2.40. The first kappa shape index (κ1) is 14.2. The molecule has 0 radical (unpaired) electrons. The van der Waals surface area contributed by atoms with E-state index in [0.717, 1.165) is 5.75 Å². The number of thioether (sulfide) groups is 1. The number of hydrogen-bond acceptors (Lipinski definition) is 6. The van der Waals surface area contributed by atoms with Gasteiger partial charge < -0.3 is 24.8 Å². The Morgan fingerprint density at radius 3 is 2.56 bits per heavy atom. The molecule has 6 heteroatoms. The predicted octanol–water partition coefficient (Wildman–Crippen LogP) is -0.559. The van der Waals surface area contributed by atoms with Crippen molar-refractivity contribution in [1.82, 2.24) is 0 Å². The van der Waals surface area contributed by atoms with Crippen molar-refractivity contribution in [1.29, 1.82) is 0 Å². The predicted molar refractivity (Wildman–Crippen MR) is 61.3 cm³/mol. The monoisotopic (exact) mass is 252 g/mol. The zero-order valence-electron chi connectivity index (χ0n) is 9.57. The highest BCUT2D eigenvalue weighted by atomic mass is 32.2. The Balaban J connectivity index is 2.50. The minimum absolute atomic E-state index is 0.306. The van der Waals surface area contributed by atoms with E-state index in [0.29, 0.717) is 6.61 Å². The largest absolute Gasteiger partial charge is 0.394 e. The third kappa shape index (κ3) is 3.32. The topological polar surface area (TPSA) is 79.2 Å². The van der Waals surface area contributed by atoms with Gasteiger partial charge in [-0.15, -0.1) is 0 Å². The van der Waals surface area contributed by atoms with E-state index in [1.54, 1.807) is 18.7 Å². The molecule has 1 aliphatic heterocycles. The van der Waals surface area contributed by atoms with Gasteiger partial charge in [-0.3, -0.25) is 0 Å². The molecule has 1 saturated heterocycles. The molecule has 0 aromatic rings. The molecule has 1 heterocycles.